The first-order valence-electron chi connectivity index (χ1n) is 6.71. The molecule has 3 rings (SSSR count). The van der Waals surface area contributed by atoms with Crippen molar-refractivity contribution >= 4 is 22.7 Å². The van der Waals surface area contributed by atoms with Gasteiger partial charge in [-0.05, 0) is 43.3 Å². The minimum Gasteiger partial charge on any atom is -0.267 e. The Kier molecular flexibility index (Phi) is 3.65. The lowest BCUT2D eigenvalue weighted by Crippen LogP contribution is -2.26. The number of tetrazole rings is 1. The van der Waals surface area contributed by atoms with E-state index in [1.54, 1.807) is 16.8 Å². The second-order valence-electron chi connectivity index (χ2n) is 5.73. The molecule has 8 nitrogen and oxygen atoms in total. The van der Waals surface area contributed by atoms with Gasteiger partial charge in [0.25, 0.3) is 5.56 Å². The predicted octanol–water partition coefficient (Wildman–Crippen LogP) is 1.28. The fourth-order valence-corrected chi connectivity index (χ4v) is 2.85. The molecule has 114 valence electrons. The van der Waals surface area contributed by atoms with Crippen LogP contribution in [0.25, 0.3) is 10.9 Å². The van der Waals surface area contributed by atoms with E-state index in [1.165, 1.54) is 16.4 Å². The number of hydrogen-bond donors (Lipinski definition) is 0. The van der Waals surface area contributed by atoms with Crippen molar-refractivity contribution in [2.75, 3.05) is 0 Å². The summed E-state index contributed by atoms with van der Waals surface area (Å²) >= 11 is 1.34. The summed E-state index contributed by atoms with van der Waals surface area (Å²) < 4.78 is 3.03. The highest BCUT2D eigenvalue weighted by Crippen LogP contribution is 2.21. The molecule has 0 saturated heterocycles. The van der Waals surface area contributed by atoms with Crippen LogP contribution in [0.1, 0.15) is 20.8 Å². The SMILES string of the molecule is CC(C)(C)n1nnnc1SCn1nnc2ccccc2c1=O. The van der Waals surface area contributed by atoms with Crippen molar-refractivity contribution in [2.45, 2.75) is 37.3 Å². The van der Waals surface area contributed by atoms with Gasteiger partial charge in [0.1, 0.15) is 5.52 Å². The molecule has 2 aromatic heterocycles. The molecule has 0 bridgehead atoms. The van der Waals surface area contributed by atoms with Gasteiger partial charge in [0.2, 0.25) is 5.16 Å². The average molecular weight is 317 g/mol. The summed E-state index contributed by atoms with van der Waals surface area (Å²) in [5.41, 5.74) is 0.187. The van der Waals surface area contributed by atoms with E-state index < -0.39 is 0 Å². The van der Waals surface area contributed by atoms with E-state index >= 15 is 0 Å². The van der Waals surface area contributed by atoms with Crippen LogP contribution in [0.5, 0.6) is 0 Å². The van der Waals surface area contributed by atoms with E-state index in [2.05, 4.69) is 25.8 Å². The first-order chi connectivity index (χ1) is 10.5. The minimum atomic E-state index is -0.230. The van der Waals surface area contributed by atoms with E-state index in [0.717, 1.165) is 0 Å². The van der Waals surface area contributed by atoms with Crippen LogP contribution in [-0.4, -0.2) is 35.2 Å². The monoisotopic (exact) mass is 317 g/mol. The van der Waals surface area contributed by atoms with E-state index in [4.69, 9.17) is 0 Å². The van der Waals surface area contributed by atoms with Crippen molar-refractivity contribution in [3.8, 4) is 0 Å². The largest absolute Gasteiger partial charge is 0.278 e. The maximum atomic E-state index is 12.4. The molecule has 1 aromatic carbocycles. The van der Waals surface area contributed by atoms with Gasteiger partial charge in [0.15, 0.2) is 0 Å². The highest BCUT2D eigenvalue weighted by molar-refractivity contribution is 7.98. The second kappa shape index (κ2) is 5.48. The summed E-state index contributed by atoms with van der Waals surface area (Å²) in [5, 5.41) is 20.9. The van der Waals surface area contributed by atoms with Gasteiger partial charge in [-0.1, -0.05) is 29.1 Å². The predicted molar refractivity (Wildman–Crippen MR) is 82.5 cm³/mol. The maximum Gasteiger partial charge on any atom is 0.278 e. The standard InChI is InChI=1S/C13H15N7OS/c1-13(2,3)20-12(15-16-18-20)22-8-19-11(21)9-6-4-5-7-10(9)14-17-19/h4-7H,8H2,1-3H3. The Bertz CT molecular complexity index is 864. The lowest BCUT2D eigenvalue weighted by molar-refractivity contribution is 0.321. The van der Waals surface area contributed by atoms with Crippen molar-refractivity contribution in [2.24, 2.45) is 0 Å². The zero-order chi connectivity index (χ0) is 15.7. The summed E-state index contributed by atoms with van der Waals surface area (Å²) in [5.74, 6) is 0.299. The van der Waals surface area contributed by atoms with Gasteiger partial charge in [-0.3, -0.25) is 4.79 Å². The Morgan fingerprint density at radius 3 is 2.68 bits per heavy atom. The molecule has 0 fully saturated rings. The number of hydrogen-bond acceptors (Lipinski definition) is 7. The molecule has 0 aliphatic carbocycles. The number of aromatic nitrogens is 7. The summed E-state index contributed by atoms with van der Waals surface area (Å²) in [4.78, 5) is 12.4. The molecular formula is C13H15N7OS. The fourth-order valence-electron chi connectivity index (χ4n) is 1.92. The van der Waals surface area contributed by atoms with Crippen molar-refractivity contribution in [1.82, 2.24) is 35.2 Å². The van der Waals surface area contributed by atoms with Crippen LogP contribution in [0.3, 0.4) is 0 Å². The van der Waals surface area contributed by atoms with Crippen molar-refractivity contribution < 1.29 is 0 Å². The number of fused-ring (bicyclic) bond motifs is 1. The molecule has 0 aliphatic rings. The quantitative estimate of drug-likeness (QED) is 0.672. The second-order valence-corrected chi connectivity index (χ2v) is 6.64. The summed E-state index contributed by atoms with van der Waals surface area (Å²) in [6.07, 6.45) is 0. The molecule has 0 saturated carbocycles. The Morgan fingerprint density at radius 2 is 1.91 bits per heavy atom. The summed E-state index contributed by atoms with van der Waals surface area (Å²) in [6, 6.07) is 7.14. The van der Waals surface area contributed by atoms with E-state index in [0.29, 0.717) is 21.9 Å². The zero-order valence-corrected chi connectivity index (χ0v) is 13.3. The first kappa shape index (κ1) is 14.6. The number of benzene rings is 1. The average Bonchev–Trinajstić information content (AvgIpc) is 2.95. The van der Waals surface area contributed by atoms with E-state index in [1.807, 2.05) is 32.9 Å². The van der Waals surface area contributed by atoms with Crippen LogP contribution < -0.4 is 5.56 Å². The molecule has 0 N–H and O–H groups in total. The lowest BCUT2D eigenvalue weighted by Gasteiger charge is -2.19. The zero-order valence-electron chi connectivity index (χ0n) is 12.5. The topological polar surface area (TPSA) is 91.4 Å². The number of nitrogens with zero attached hydrogens (tertiary/aromatic N) is 7. The molecule has 0 amide bonds. The van der Waals surface area contributed by atoms with Crippen LogP contribution in [0.4, 0.5) is 0 Å². The molecule has 0 spiro atoms. The first-order valence-corrected chi connectivity index (χ1v) is 7.69. The molecule has 3 aromatic rings. The third kappa shape index (κ3) is 2.71. The van der Waals surface area contributed by atoms with E-state index in [9.17, 15) is 4.79 Å². The number of rotatable bonds is 3. The fraction of sp³-hybridized carbons (Fsp3) is 0.385. The van der Waals surface area contributed by atoms with Gasteiger partial charge in [0, 0.05) is 0 Å². The minimum absolute atomic E-state index is 0.173. The lowest BCUT2D eigenvalue weighted by atomic mass is 10.1. The molecule has 0 unspecified atom stereocenters. The van der Waals surface area contributed by atoms with Crippen molar-refractivity contribution in [3.63, 3.8) is 0 Å². The van der Waals surface area contributed by atoms with Crippen LogP contribution in [0.15, 0.2) is 34.2 Å². The van der Waals surface area contributed by atoms with Crippen LogP contribution >= 0.6 is 11.8 Å². The molecular weight excluding hydrogens is 302 g/mol. The van der Waals surface area contributed by atoms with Crippen molar-refractivity contribution in [1.29, 1.82) is 0 Å². The highest BCUT2D eigenvalue weighted by atomic mass is 32.2. The molecule has 0 radical (unpaired) electrons. The van der Waals surface area contributed by atoms with Gasteiger partial charge in [-0.15, -0.1) is 10.2 Å². The van der Waals surface area contributed by atoms with Gasteiger partial charge >= 0.3 is 0 Å². The molecule has 0 atom stereocenters. The Hall–Kier alpha value is -2.29. The Labute approximate surface area is 130 Å². The third-order valence-corrected chi connectivity index (χ3v) is 3.91. The van der Waals surface area contributed by atoms with Crippen LogP contribution in [-0.2, 0) is 11.4 Å². The summed E-state index contributed by atoms with van der Waals surface area (Å²) in [7, 11) is 0. The van der Waals surface area contributed by atoms with Crippen LogP contribution in [0.2, 0.25) is 0 Å². The molecule has 22 heavy (non-hydrogen) atoms. The maximum absolute atomic E-state index is 12.4. The van der Waals surface area contributed by atoms with Gasteiger partial charge in [0.05, 0.1) is 16.8 Å². The molecule has 2 heterocycles. The highest BCUT2D eigenvalue weighted by Gasteiger charge is 2.20. The third-order valence-electron chi connectivity index (χ3n) is 3.02. The van der Waals surface area contributed by atoms with Crippen molar-refractivity contribution in [3.05, 3.63) is 34.6 Å². The Balaban J connectivity index is 1.88. The van der Waals surface area contributed by atoms with Gasteiger partial charge in [-0.25, -0.2) is 4.68 Å². The molecule has 9 heteroatoms. The Morgan fingerprint density at radius 1 is 1.14 bits per heavy atom. The molecule has 0 aliphatic heterocycles. The number of thioether (sulfide) groups is 1. The normalized spacial score (nSPS) is 12.0. The van der Waals surface area contributed by atoms with E-state index in [-0.39, 0.29) is 11.1 Å². The van der Waals surface area contributed by atoms with Crippen LogP contribution in [0, 0.1) is 0 Å². The van der Waals surface area contributed by atoms with Gasteiger partial charge < -0.3 is 0 Å². The summed E-state index contributed by atoms with van der Waals surface area (Å²) in [6.45, 7) is 6.03. The van der Waals surface area contributed by atoms with Gasteiger partial charge in [-0.2, -0.15) is 4.68 Å². The smallest absolute Gasteiger partial charge is 0.267 e.